The first-order chi connectivity index (χ1) is 25.3. The lowest BCUT2D eigenvalue weighted by Gasteiger charge is -2.25. The normalized spacial score (nSPS) is 13.7. The molecule has 0 N–H and O–H groups in total. The molecule has 0 amide bonds. The second-order valence-corrected chi connectivity index (χ2v) is 19.3. The third kappa shape index (κ3) is 39.4. The summed E-state index contributed by atoms with van der Waals surface area (Å²) in [4.78, 5) is 0. The van der Waals surface area contributed by atoms with Crippen LogP contribution in [0.25, 0.3) is 0 Å². The molecule has 0 aromatic rings. The summed E-state index contributed by atoms with van der Waals surface area (Å²) in [5.74, 6) is 4.51. The molecule has 0 nitrogen and oxygen atoms in total. The fourth-order valence-electron chi connectivity index (χ4n) is 8.78. The molecule has 0 rings (SSSR count). The van der Waals surface area contributed by atoms with Gasteiger partial charge < -0.3 is 0 Å². The van der Waals surface area contributed by atoms with E-state index in [2.05, 4.69) is 55.0 Å². The van der Waals surface area contributed by atoms with Crippen LogP contribution in [0.2, 0.25) is 0 Å². The number of allylic oxidation sites excluding steroid dienone is 1. The van der Waals surface area contributed by atoms with Crippen molar-refractivity contribution >= 4 is 0 Å². The third-order valence-corrected chi connectivity index (χ3v) is 12.8. The number of hydrogen-bond acceptors (Lipinski definition) is 0. The van der Waals surface area contributed by atoms with Gasteiger partial charge in [-0.15, -0.1) is 0 Å². The summed E-state index contributed by atoms with van der Waals surface area (Å²) < 4.78 is 0. The first-order valence-corrected chi connectivity index (χ1v) is 24.9. The van der Waals surface area contributed by atoms with Gasteiger partial charge in [0.05, 0.1) is 0 Å². The Morgan fingerprint density at radius 1 is 0.346 bits per heavy atom. The van der Waals surface area contributed by atoms with Crippen molar-refractivity contribution in [3.05, 3.63) is 12.2 Å². The van der Waals surface area contributed by atoms with Crippen molar-refractivity contribution in [3.8, 4) is 0 Å². The Morgan fingerprint density at radius 2 is 0.673 bits per heavy atom. The first kappa shape index (κ1) is 51.7. The molecule has 0 aromatic heterocycles. The maximum absolute atomic E-state index is 4.37. The SMILES string of the molecule is C=C(CCCCCCCCC)CCCCCCCCC(C)CCCC(CC(C)CCCCCCCCCCCCCCCCCCC(C)C)C(C)C. The van der Waals surface area contributed by atoms with Gasteiger partial charge in [0.15, 0.2) is 0 Å². The molecule has 0 aliphatic rings. The zero-order valence-corrected chi connectivity index (χ0v) is 38.0. The molecule has 52 heavy (non-hydrogen) atoms. The molecule has 3 unspecified atom stereocenters. The van der Waals surface area contributed by atoms with Gasteiger partial charge in [-0.2, -0.15) is 0 Å². The number of unbranched alkanes of at least 4 members (excludes halogenated alkanes) is 26. The molecule has 0 bridgehead atoms. The Morgan fingerprint density at radius 3 is 1.06 bits per heavy atom. The predicted molar refractivity (Wildman–Crippen MR) is 242 cm³/mol. The van der Waals surface area contributed by atoms with Crippen LogP contribution >= 0.6 is 0 Å². The van der Waals surface area contributed by atoms with Crippen molar-refractivity contribution in [2.24, 2.45) is 29.6 Å². The molecule has 0 saturated carbocycles. The standard InChI is InChI=1S/C52H104/c1-9-10-11-12-23-29-34-40-49(6)41-35-30-26-27-31-36-42-50(7)44-38-45-52(48(4)5)46-51(8)43-37-32-25-22-20-18-16-14-13-15-17-19-21-24-28-33-39-47(2)3/h47-48,50-52H,6,9-46H2,1-5,7-8H3. The molecule has 0 radical (unpaired) electrons. The smallest absolute Gasteiger partial charge is 0.0323 e. The minimum atomic E-state index is 0.847. The second kappa shape index (κ2) is 40.4. The highest BCUT2D eigenvalue weighted by Crippen LogP contribution is 2.30. The van der Waals surface area contributed by atoms with Crippen LogP contribution in [0.3, 0.4) is 0 Å². The fraction of sp³-hybridized carbons (Fsp3) is 0.962. The Labute approximate surface area is 333 Å². The molecule has 0 aromatic carbocycles. The minimum Gasteiger partial charge on any atom is -0.0999 e. The van der Waals surface area contributed by atoms with Gasteiger partial charge in [-0.25, -0.2) is 0 Å². The van der Waals surface area contributed by atoms with E-state index < -0.39 is 0 Å². The Kier molecular flexibility index (Phi) is 40.2. The zero-order chi connectivity index (χ0) is 38.3. The summed E-state index contributed by atoms with van der Waals surface area (Å²) in [5, 5.41) is 0. The van der Waals surface area contributed by atoms with Crippen molar-refractivity contribution in [2.45, 2.75) is 292 Å². The highest BCUT2D eigenvalue weighted by atomic mass is 14.2. The largest absolute Gasteiger partial charge is 0.0999 e. The van der Waals surface area contributed by atoms with Crippen molar-refractivity contribution in [3.63, 3.8) is 0 Å². The summed E-state index contributed by atoms with van der Waals surface area (Å²) in [6.07, 6.45) is 54.9. The maximum Gasteiger partial charge on any atom is -0.0323 e. The Balaban J connectivity index is 3.61. The van der Waals surface area contributed by atoms with Crippen LogP contribution in [0, 0.1) is 29.6 Å². The third-order valence-electron chi connectivity index (χ3n) is 12.8. The molecule has 0 aliphatic carbocycles. The van der Waals surface area contributed by atoms with Gasteiger partial charge in [0.25, 0.3) is 0 Å². The lowest BCUT2D eigenvalue weighted by molar-refractivity contribution is 0.265. The highest BCUT2D eigenvalue weighted by Gasteiger charge is 2.17. The lowest BCUT2D eigenvalue weighted by atomic mass is 9.81. The van der Waals surface area contributed by atoms with E-state index in [0.29, 0.717) is 0 Å². The van der Waals surface area contributed by atoms with Gasteiger partial charge in [0.2, 0.25) is 0 Å². The van der Waals surface area contributed by atoms with Crippen LogP contribution < -0.4 is 0 Å². The quantitative estimate of drug-likeness (QED) is 0.0433. The summed E-state index contributed by atoms with van der Waals surface area (Å²) in [7, 11) is 0. The Bertz CT molecular complexity index is 686. The van der Waals surface area contributed by atoms with Crippen LogP contribution in [0.5, 0.6) is 0 Å². The zero-order valence-electron chi connectivity index (χ0n) is 38.0. The molecular formula is C52H104. The van der Waals surface area contributed by atoms with Crippen LogP contribution in [-0.4, -0.2) is 0 Å². The van der Waals surface area contributed by atoms with E-state index >= 15 is 0 Å². The van der Waals surface area contributed by atoms with E-state index in [1.807, 2.05) is 0 Å². The van der Waals surface area contributed by atoms with Crippen LogP contribution in [0.4, 0.5) is 0 Å². The van der Waals surface area contributed by atoms with Gasteiger partial charge in [-0.05, 0) is 61.7 Å². The van der Waals surface area contributed by atoms with Gasteiger partial charge in [-0.1, -0.05) is 273 Å². The maximum atomic E-state index is 4.37. The monoisotopic (exact) mass is 729 g/mol. The summed E-state index contributed by atoms with van der Waals surface area (Å²) >= 11 is 0. The van der Waals surface area contributed by atoms with Gasteiger partial charge in [0, 0.05) is 0 Å². The Hall–Kier alpha value is -0.260. The van der Waals surface area contributed by atoms with E-state index in [-0.39, 0.29) is 0 Å². The first-order valence-electron chi connectivity index (χ1n) is 24.9. The molecule has 312 valence electrons. The van der Waals surface area contributed by atoms with Crippen molar-refractivity contribution < 1.29 is 0 Å². The molecule has 0 spiro atoms. The van der Waals surface area contributed by atoms with E-state index in [9.17, 15) is 0 Å². The molecular weight excluding hydrogens is 625 g/mol. The van der Waals surface area contributed by atoms with Crippen LogP contribution in [0.15, 0.2) is 12.2 Å². The molecule has 3 atom stereocenters. The molecule has 0 aliphatic heterocycles. The molecule has 0 saturated heterocycles. The highest BCUT2D eigenvalue weighted by molar-refractivity contribution is 4.93. The second-order valence-electron chi connectivity index (χ2n) is 19.3. The van der Waals surface area contributed by atoms with E-state index in [1.165, 1.54) is 250 Å². The van der Waals surface area contributed by atoms with Gasteiger partial charge in [-0.3, -0.25) is 0 Å². The van der Waals surface area contributed by atoms with Crippen molar-refractivity contribution in [1.29, 1.82) is 0 Å². The number of hydrogen-bond donors (Lipinski definition) is 0. The number of rotatable bonds is 43. The average molecular weight is 729 g/mol. The van der Waals surface area contributed by atoms with Crippen LogP contribution in [0.1, 0.15) is 292 Å². The van der Waals surface area contributed by atoms with Gasteiger partial charge in [0.1, 0.15) is 0 Å². The molecule has 0 heteroatoms. The summed E-state index contributed by atoms with van der Waals surface area (Å²) in [6.45, 7) is 21.4. The summed E-state index contributed by atoms with van der Waals surface area (Å²) in [5.41, 5.74) is 1.52. The van der Waals surface area contributed by atoms with E-state index in [0.717, 1.165) is 29.6 Å². The van der Waals surface area contributed by atoms with Crippen LogP contribution in [-0.2, 0) is 0 Å². The van der Waals surface area contributed by atoms with Crippen molar-refractivity contribution in [1.82, 2.24) is 0 Å². The molecule has 0 fully saturated rings. The topological polar surface area (TPSA) is 0 Å². The summed E-state index contributed by atoms with van der Waals surface area (Å²) in [6, 6.07) is 0. The predicted octanol–water partition coefficient (Wildman–Crippen LogP) is 19.6. The fourth-order valence-corrected chi connectivity index (χ4v) is 8.78. The van der Waals surface area contributed by atoms with E-state index in [1.54, 1.807) is 0 Å². The average Bonchev–Trinajstić information content (AvgIpc) is 3.11. The van der Waals surface area contributed by atoms with Gasteiger partial charge >= 0.3 is 0 Å². The van der Waals surface area contributed by atoms with E-state index in [4.69, 9.17) is 0 Å². The van der Waals surface area contributed by atoms with Crippen molar-refractivity contribution in [2.75, 3.05) is 0 Å². The lowest BCUT2D eigenvalue weighted by Crippen LogP contribution is -2.13. The minimum absolute atomic E-state index is 0.847. The molecule has 0 heterocycles.